The van der Waals surface area contributed by atoms with Crippen molar-refractivity contribution in [2.45, 2.75) is 181 Å². The van der Waals surface area contributed by atoms with Gasteiger partial charge in [-0.1, -0.05) is 73.6 Å². The van der Waals surface area contributed by atoms with Crippen LogP contribution in [0.2, 0.25) is 36.3 Å². The van der Waals surface area contributed by atoms with Crippen LogP contribution in [-0.4, -0.2) is 66.1 Å². The number of nitrogens with one attached hydrogen (secondary N) is 1. The van der Waals surface area contributed by atoms with Crippen LogP contribution >= 0.6 is 0 Å². The van der Waals surface area contributed by atoms with Crippen LogP contribution in [0, 0.1) is 24.7 Å². The van der Waals surface area contributed by atoms with Crippen LogP contribution in [-0.2, 0) is 18.3 Å². The van der Waals surface area contributed by atoms with Crippen molar-refractivity contribution in [3.8, 4) is 0 Å². The Morgan fingerprint density at radius 3 is 1.58 bits per heavy atom. The molecule has 3 N–H and O–H groups in total. The van der Waals surface area contributed by atoms with Gasteiger partial charge in [0.25, 0.3) is 5.91 Å². The molecule has 13 nitrogen and oxygen atoms in total. The number of nitrogens with two attached hydrogens (primary N) is 1. The third-order valence-corrected chi connectivity index (χ3v) is 23.3. The van der Waals surface area contributed by atoms with Gasteiger partial charge >= 0.3 is 11.4 Å². The molecule has 0 bridgehead atoms. The van der Waals surface area contributed by atoms with Gasteiger partial charge in [0.1, 0.15) is 24.1 Å². The van der Waals surface area contributed by atoms with Crippen molar-refractivity contribution < 1.29 is 23.1 Å². The smallest absolute Gasteiger partial charge is 0.351 e. The van der Waals surface area contributed by atoms with E-state index in [1.54, 1.807) is 45.8 Å². The number of nitrogen functional groups attached to an aromatic ring is 1. The summed E-state index contributed by atoms with van der Waals surface area (Å²) in [6.45, 7) is 30.7. The number of hydrogen-bond donors (Lipinski definition) is 2. The van der Waals surface area contributed by atoms with Gasteiger partial charge in [-0.15, -0.1) is 0 Å². The van der Waals surface area contributed by atoms with E-state index in [1.807, 2.05) is 19.9 Å². The van der Waals surface area contributed by atoms with E-state index in [1.165, 1.54) is 0 Å². The fourth-order valence-corrected chi connectivity index (χ4v) is 10.3. The lowest BCUT2D eigenvalue weighted by Crippen LogP contribution is -2.47. The third kappa shape index (κ3) is 9.76. The van der Waals surface area contributed by atoms with Crippen molar-refractivity contribution in [1.82, 2.24) is 19.1 Å². The molecule has 6 atom stereocenters. The number of carbonyl (C=O) groups is 1. The molecule has 7 rings (SSSR count). The number of benzene rings is 1. The zero-order valence-electron chi connectivity index (χ0n) is 38.5. The van der Waals surface area contributed by atoms with E-state index in [0.29, 0.717) is 24.0 Å². The molecule has 60 heavy (non-hydrogen) atoms. The maximum absolute atomic E-state index is 13.0. The highest BCUT2D eigenvalue weighted by atomic mass is 28.4. The second-order valence-corrected chi connectivity index (χ2v) is 30.9. The SMILES string of the molecule is Cc1cn([C@H]2CC(O[Si](C)(C)C(C)(C)C)[C@@H](C3(C)CC3)O2)c(=O)nc1N.Cc1cn([C@H]2CC(O[Si](C)(C)C(C)(C)C)[C@@H](C3(C)CC3)O2)c(=O)nc1NC(=O)c1ccccc1. The lowest BCUT2D eigenvalue weighted by molar-refractivity contribution is -0.0522. The normalized spacial score (nSPS) is 26.0. The van der Waals surface area contributed by atoms with Gasteiger partial charge in [-0.2, -0.15) is 9.97 Å². The largest absolute Gasteiger partial charge is 0.411 e. The van der Waals surface area contributed by atoms with E-state index in [4.69, 9.17) is 24.1 Å². The van der Waals surface area contributed by atoms with Crippen LogP contribution in [0.5, 0.6) is 0 Å². The minimum absolute atomic E-state index is 0.0122. The molecule has 0 spiro atoms. The number of rotatable bonds is 10. The summed E-state index contributed by atoms with van der Waals surface area (Å²) in [5.41, 5.74) is 7.23. The number of ether oxygens (including phenoxy) is 2. The maximum atomic E-state index is 13.0. The molecule has 2 aliphatic carbocycles. The van der Waals surface area contributed by atoms with E-state index >= 15 is 0 Å². The van der Waals surface area contributed by atoms with Crippen LogP contribution in [0.1, 0.15) is 128 Å². The van der Waals surface area contributed by atoms with Crippen molar-refractivity contribution in [3.63, 3.8) is 0 Å². The Morgan fingerprint density at radius 1 is 0.750 bits per heavy atom. The molecule has 4 aliphatic rings. The molecule has 1 aromatic carbocycles. The Balaban J connectivity index is 0.000000209. The summed E-state index contributed by atoms with van der Waals surface area (Å²) in [5, 5.41) is 2.99. The average Bonchev–Trinajstić information content (AvgIpc) is 3.98. The van der Waals surface area contributed by atoms with Gasteiger partial charge in [0.2, 0.25) is 0 Å². The van der Waals surface area contributed by atoms with E-state index in [0.717, 1.165) is 31.2 Å². The van der Waals surface area contributed by atoms with Gasteiger partial charge in [0.15, 0.2) is 16.6 Å². The number of carbonyl (C=O) groups excluding carboxylic acids is 1. The topological polar surface area (TPSA) is 162 Å². The summed E-state index contributed by atoms with van der Waals surface area (Å²) in [5.74, 6) is 0.256. The first-order valence-corrected chi connectivity index (χ1v) is 27.4. The Bertz CT molecular complexity index is 2170. The zero-order chi connectivity index (χ0) is 44.4. The number of amides is 1. The molecular formula is C45H70N6O7Si2. The standard InChI is InChI=1S/C26H37N3O4Si.C19H33N3O3Si/c1-17-16-29(24(31)28-22(17)27-23(30)18-11-9-8-10-12-18)20-15-19(21(32-20)26(5)13-14-26)33-34(6,7)25(2,3)4;1-12-11-22(17(23)21-16(12)20)14-10-13(15(24-14)19(5)8-9-19)25-26(6,7)18(2,3)4/h8-12,16,19-21H,13-15H2,1-7H3,(H,27,28,30,31);11,13-15H,8-10H2,1-7H3,(H2,20,21,23)/t19?,20-,21+;13?,14-,15+/m11/s1. The fourth-order valence-electron chi connectivity index (χ4n) is 7.60. The summed E-state index contributed by atoms with van der Waals surface area (Å²) >= 11 is 0. The van der Waals surface area contributed by atoms with Crippen LogP contribution < -0.4 is 22.4 Å². The number of anilines is 2. The molecule has 4 heterocycles. The first-order chi connectivity index (χ1) is 27.6. The average molecular weight is 863 g/mol. The van der Waals surface area contributed by atoms with Gasteiger partial charge in [0, 0.05) is 41.9 Å². The summed E-state index contributed by atoms with van der Waals surface area (Å²) in [4.78, 5) is 46.0. The third-order valence-electron chi connectivity index (χ3n) is 14.3. The summed E-state index contributed by atoms with van der Waals surface area (Å²) in [7, 11) is -3.94. The monoisotopic (exact) mass is 862 g/mol. The Kier molecular flexibility index (Phi) is 12.5. The molecular weight excluding hydrogens is 793 g/mol. The summed E-state index contributed by atoms with van der Waals surface area (Å²) < 4.78 is 29.6. The molecule has 2 aliphatic heterocycles. The number of aryl methyl sites for hydroxylation is 2. The van der Waals surface area contributed by atoms with E-state index < -0.39 is 28.6 Å². The lowest BCUT2D eigenvalue weighted by atomic mass is 9.97. The van der Waals surface area contributed by atoms with Gasteiger partial charge in [-0.25, -0.2) is 9.59 Å². The second kappa shape index (κ2) is 16.3. The lowest BCUT2D eigenvalue weighted by Gasteiger charge is -2.40. The maximum Gasteiger partial charge on any atom is 0.351 e. The fraction of sp³-hybridized carbons (Fsp3) is 0.667. The molecule has 0 radical (unpaired) electrons. The Hall–Kier alpha value is -3.48. The number of nitrogens with zero attached hydrogens (tertiary/aromatic N) is 4. The molecule has 15 heteroatoms. The highest BCUT2D eigenvalue weighted by molar-refractivity contribution is 6.74. The van der Waals surface area contributed by atoms with Crippen molar-refractivity contribution in [3.05, 3.63) is 80.4 Å². The van der Waals surface area contributed by atoms with Crippen LogP contribution in [0.25, 0.3) is 0 Å². The first-order valence-electron chi connectivity index (χ1n) is 21.6. The van der Waals surface area contributed by atoms with Gasteiger partial charge < -0.3 is 29.4 Å². The molecule has 3 aromatic rings. The van der Waals surface area contributed by atoms with Crippen LogP contribution in [0.4, 0.5) is 11.6 Å². The quantitative estimate of drug-likeness (QED) is 0.188. The van der Waals surface area contributed by atoms with Crippen LogP contribution in [0.3, 0.4) is 0 Å². The molecule has 2 saturated heterocycles. The number of aromatic nitrogens is 4. The van der Waals surface area contributed by atoms with Crippen molar-refractivity contribution >= 4 is 34.2 Å². The Morgan fingerprint density at radius 2 is 1.17 bits per heavy atom. The predicted molar refractivity (Wildman–Crippen MR) is 241 cm³/mol. The molecule has 4 fully saturated rings. The molecule has 2 aromatic heterocycles. The molecule has 2 saturated carbocycles. The van der Waals surface area contributed by atoms with Crippen molar-refractivity contribution in [2.75, 3.05) is 11.1 Å². The van der Waals surface area contributed by atoms with Gasteiger partial charge in [-0.3, -0.25) is 13.9 Å². The van der Waals surface area contributed by atoms with Crippen molar-refractivity contribution in [2.24, 2.45) is 10.8 Å². The van der Waals surface area contributed by atoms with Gasteiger partial charge in [-0.05, 0) is 98.8 Å². The van der Waals surface area contributed by atoms with Crippen LogP contribution in [0.15, 0.2) is 52.3 Å². The molecule has 1 amide bonds. The van der Waals surface area contributed by atoms with Gasteiger partial charge in [0.05, 0.1) is 24.4 Å². The van der Waals surface area contributed by atoms with E-state index in [9.17, 15) is 14.4 Å². The molecule has 330 valence electrons. The zero-order valence-corrected chi connectivity index (χ0v) is 40.5. The van der Waals surface area contributed by atoms with Crippen molar-refractivity contribution in [1.29, 1.82) is 0 Å². The minimum Gasteiger partial charge on any atom is -0.411 e. The Labute approximate surface area is 358 Å². The predicted octanol–water partition coefficient (Wildman–Crippen LogP) is 8.89. The molecule has 2 unspecified atom stereocenters. The number of hydrogen-bond acceptors (Lipinski definition) is 10. The summed E-state index contributed by atoms with van der Waals surface area (Å²) in [6.07, 6.45) is 8.46. The highest BCUT2D eigenvalue weighted by Crippen LogP contribution is 2.57. The first kappa shape index (κ1) is 46.0. The van der Waals surface area contributed by atoms with E-state index in [2.05, 4.69) is 96.9 Å². The highest BCUT2D eigenvalue weighted by Gasteiger charge is 2.57. The minimum atomic E-state index is -2.01. The summed E-state index contributed by atoms with van der Waals surface area (Å²) in [6, 6.07) is 8.88. The second-order valence-electron chi connectivity index (χ2n) is 21.4. The van der Waals surface area contributed by atoms with E-state index in [-0.39, 0.29) is 74.8 Å².